The van der Waals surface area contributed by atoms with E-state index in [9.17, 15) is 0 Å². The third kappa shape index (κ3) is 4.10. The van der Waals surface area contributed by atoms with Gasteiger partial charge in [0.1, 0.15) is 0 Å². The van der Waals surface area contributed by atoms with Crippen molar-refractivity contribution >= 4 is 92.5 Å². The number of pyridine rings is 1. The number of rotatable bonds is 3. The molecule has 0 bridgehead atoms. The van der Waals surface area contributed by atoms with E-state index in [1.807, 2.05) is 6.08 Å². The van der Waals surface area contributed by atoms with Crippen LogP contribution in [0.3, 0.4) is 0 Å². The maximum atomic E-state index is 5.64. The molecule has 11 aromatic rings. The van der Waals surface area contributed by atoms with Crippen molar-refractivity contribution in [2.24, 2.45) is 0 Å². The molecule has 0 saturated carbocycles. The molecule has 0 amide bonds. The number of nitrogens with zero attached hydrogens (tertiary/aromatic N) is 3. The minimum atomic E-state index is -0.0780. The van der Waals surface area contributed by atoms with E-state index in [0.717, 1.165) is 65.0 Å². The van der Waals surface area contributed by atoms with Gasteiger partial charge in [-0.2, -0.15) is 0 Å². The van der Waals surface area contributed by atoms with Crippen LogP contribution in [0.2, 0.25) is 0 Å². The van der Waals surface area contributed by atoms with Gasteiger partial charge in [0, 0.05) is 47.9 Å². The minimum Gasteiger partial charge on any atom is -0.308 e. The zero-order valence-corrected chi connectivity index (χ0v) is 31.9. The van der Waals surface area contributed by atoms with E-state index in [0.29, 0.717) is 5.82 Å². The average molecular weight is 767 g/mol. The van der Waals surface area contributed by atoms with E-state index in [2.05, 4.69) is 180 Å². The molecule has 55 heavy (non-hydrogen) atoms. The van der Waals surface area contributed by atoms with E-state index in [-0.39, 0.29) is 5.41 Å². The first-order valence-electron chi connectivity index (χ1n) is 18.8. The SMILES string of the molecule is C=Cc1ccc2c3ccc(Br)cc3n3c4ccccc4c4c(-c5nc(-c6ccc7c(c6)-c6ccccc6C7(C)C)c6cc7ccccc7cc6n5)cc1c2c43. The highest BCUT2D eigenvalue weighted by Crippen LogP contribution is 2.51. The highest BCUT2D eigenvalue weighted by Gasteiger charge is 2.35. The van der Waals surface area contributed by atoms with Gasteiger partial charge in [-0.25, -0.2) is 9.97 Å². The average Bonchev–Trinajstić information content (AvgIpc) is 3.68. The van der Waals surface area contributed by atoms with Gasteiger partial charge in [0.05, 0.1) is 27.8 Å². The van der Waals surface area contributed by atoms with Crippen LogP contribution in [0.15, 0.2) is 151 Å². The van der Waals surface area contributed by atoms with Gasteiger partial charge < -0.3 is 4.40 Å². The first kappa shape index (κ1) is 31.0. The number of aromatic nitrogens is 3. The van der Waals surface area contributed by atoms with Gasteiger partial charge in [-0.05, 0) is 91.8 Å². The predicted molar refractivity (Wildman–Crippen MR) is 235 cm³/mol. The van der Waals surface area contributed by atoms with Crippen LogP contribution < -0.4 is 0 Å². The molecule has 4 heteroatoms. The van der Waals surface area contributed by atoms with Gasteiger partial charge in [0.15, 0.2) is 5.82 Å². The summed E-state index contributed by atoms with van der Waals surface area (Å²) in [4.78, 5) is 11.1. The fourth-order valence-electron chi connectivity index (χ4n) is 9.78. The second kappa shape index (κ2) is 10.9. The van der Waals surface area contributed by atoms with Gasteiger partial charge in [-0.15, -0.1) is 0 Å². The standard InChI is InChI=1S/C51H32BrN3/c1-4-28-17-20-35-34-21-19-32(52)26-45(34)55-44-16-10-8-14-36(44)47-40(27-37(28)46(35)49(47)55)50-53-43-25-30-12-6-5-11-29(30)23-39(43)48(54-50)31-18-22-42-38(24-31)33-13-7-9-15-41(33)51(42,2)3/h4-27H,1H2,2-3H3. The highest BCUT2D eigenvalue weighted by atomic mass is 79.9. The molecule has 3 heterocycles. The van der Waals surface area contributed by atoms with Crippen LogP contribution in [0.4, 0.5) is 0 Å². The van der Waals surface area contributed by atoms with Crippen LogP contribution in [0.25, 0.3) is 110 Å². The lowest BCUT2D eigenvalue weighted by Crippen LogP contribution is -2.14. The van der Waals surface area contributed by atoms with Gasteiger partial charge in [-0.3, -0.25) is 0 Å². The summed E-state index contributed by atoms with van der Waals surface area (Å²) in [5, 5.41) is 10.5. The zero-order chi connectivity index (χ0) is 36.7. The Morgan fingerprint density at radius 1 is 0.582 bits per heavy atom. The van der Waals surface area contributed by atoms with Crippen LogP contribution in [-0.4, -0.2) is 14.4 Å². The molecule has 0 radical (unpaired) electrons. The maximum Gasteiger partial charge on any atom is 0.161 e. The van der Waals surface area contributed by atoms with Crippen molar-refractivity contribution in [1.82, 2.24) is 14.4 Å². The number of hydrogen-bond acceptors (Lipinski definition) is 2. The molecule has 258 valence electrons. The molecule has 0 N–H and O–H groups in total. The summed E-state index contributed by atoms with van der Waals surface area (Å²) in [6, 6.07) is 51.0. The van der Waals surface area contributed by atoms with E-state index >= 15 is 0 Å². The number of halogens is 1. The summed E-state index contributed by atoms with van der Waals surface area (Å²) in [5.74, 6) is 0.712. The Labute approximate surface area is 325 Å². The van der Waals surface area contributed by atoms with Crippen molar-refractivity contribution < 1.29 is 0 Å². The molecule has 12 rings (SSSR count). The Morgan fingerprint density at radius 3 is 2.22 bits per heavy atom. The van der Waals surface area contributed by atoms with Crippen molar-refractivity contribution in [2.45, 2.75) is 19.3 Å². The fourth-order valence-corrected chi connectivity index (χ4v) is 10.1. The smallest absolute Gasteiger partial charge is 0.161 e. The molecular weight excluding hydrogens is 734 g/mol. The van der Waals surface area contributed by atoms with Crippen LogP contribution in [-0.2, 0) is 5.41 Å². The number of hydrogen-bond donors (Lipinski definition) is 0. The number of benzene rings is 8. The van der Waals surface area contributed by atoms with Gasteiger partial charge in [0.2, 0.25) is 0 Å². The Bertz CT molecular complexity index is 3500. The molecule has 1 aliphatic carbocycles. The Kier molecular flexibility index (Phi) is 6.13. The molecule has 3 nitrogen and oxygen atoms in total. The summed E-state index contributed by atoms with van der Waals surface area (Å²) >= 11 is 3.80. The van der Waals surface area contributed by atoms with E-state index in [1.165, 1.54) is 54.7 Å². The third-order valence-electron chi connectivity index (χ3n) is 12.3. The fraction of sp³-hybridized carbons (Fsp3) is 0.0588. The van der Waals surface area contributed by atoms with E-state index in [4.69, 9.17) is 9.97 Å². The van der Waals surface area contributed by atoms with Crippen LogP contribution in [0.1, 0.15) is 30.5 Å². The van der Waals surface area contributed by atoms with Crippen molar-refractivity contribution in [3.63, 3.8) is 0 Å². The maximum absolute atomic E-state index is 5.64. The zero-order valence-electron chi connectivity index (χ0n) is 30.3. The lowest BCUT2D eigenvalue weighted by Gasteiger charge is -2.21. The topological polar surface area (TPSA) is 30.2 Å². The number of fused-ring (bicyclic) bond motifs is 11. The predicted octanol–water partition coefficient (Wildman–Crippen LogP) is 14.1. The third-order valence-corrected chi connectivity index (χ3v) is 12.8. The molecule has 0 atom stereocenters. The summed E-state index contributed by atoms with van der Waals surface area (Å²) in [5.41, 5.74) is 13.8. The van der Waals surface area contributed by atoms with Crippen molar-refractivity contribution in [1.29, 1.82) is 0 Å². The minimum absolute atomic E-state index is 0.0780. The molecule has 0 saturated heterocycles. The summed E-state index contributed by atoms with van der Waals surface area (Å²) in [6.07, 6.45) is 1.97. The molecule has 8 aromatic carbocycles. The molecule has 0 unspecified atom stereocenters. The number of para-hydroxylation sites is 1. The van der Waals surface area contributed by atoms with E-state index in [1.54, 1.807) is 0 Å². The highest BCUT2D eigenvalue weighted by molar-refractivity contribution is 9.10. The summed E-state index contributed by atoms with van der Waals surface area (Å²) in [7, 11) is 0. The van der Waals surface area contributed by atoms with Crippen LogP contribution in [0.5, 0.6) is 0 Å². The second-order valence-electron chi connectivity index (χ2n) is 15.5. The lowest BCUT2D eigenvalue weighted by molar-refractivity contribution is 0.660. The first-order chi connectivity index (χ1) is 26.9. The van der Waals surface area contributed by atoms with Gasteiger partial charge >= 0.3 is 0 Å². The first-order valence-corrected chi connectivity index (χ1v) is 19.6. The molecular formula is C51H32BrN3. The van der Waals surface area contributed by atoms with Gasteiger partial charge in [0.25, 0.3) is 0 Å². The molecule has 3 aromatic heterocycles. The molecule has 1 aliphatic rings. The lowest BCUT2D eigenvalue weighted by atomic mass is 9.82. The van der Waals surface area contributed by atoms with Crippen LogP contribution >= 0.6 is 15.9 Å². The van der Waals surface area contributed by atoms with Crippen molar-refractivity contribution in [2.75, 3.05) is 0 Å². The van der Waals surface area contributed by atoms with Gasteiger partial charge in [-0.1, -0.05) is 139 Å². The normalized spacial score (nSPS) is 13.6. The Balaban J connectivity index is 1.24. The monoisotopic (exact) mass is 765 g/mol. The van der Waals surface area contributed by atoms with E-state index < -0.39 is 0 Å². The quantitative estimate of drug-likeness (QED) is 0.132. The molecule has 0 aliphatic heterocycles. The largest absolute Gasteiger partial charge is 0.308 e. The van der Waals surface area contributed by atoms with Crippen molar-refractivity contribution in [3.8, 4) is 33.8 Å². The second-order valence-corrected chi connectivity index (χ2v) is 16.4. The van der Waals surface area contributed by atoms with Crippen molar-refractivity contribution in [3.05, 3.63) is 167 Å². The molecule has 0 spiro atoms. The van der Waals surface area contributed by atoms with Crippen LogP contribution in [0, 0.1) is 0 Å². The summed E-state index contributed by atoms with van der Waals surface area (Å²) in [6.45, 7) is 8.93. The summed E-state index contributed by atoms with van der Waals surface area (Å²) < 4.78 is 3.50. The Hall–Kier alpha value is -6.36. The Morgan fingerprint density at radius 2 is 1.35 bits per heavy atom. The molecule has 0 fully saturated rings.